The number of aromatic hydroxyl groups is 1. The Morgan fingerprint density at radius 3 is 2.61 bits per heavy atom. The first-order valence-electron chi connectivity index (χ1n) is 9.27. The van der Waals surface area contributed by atoms with Crippen LogP contribution < -0.4 is 4.74 Å². The maximum Gasteiger partial charge on any atom is 0.451 e. The third-order valence-electron chi connectivity index (χ3n) is 5.04. The molecule has 2 fully saturated rings. The zero-order valence-electron chi connectivity index (χ0n) is 15.6. The Labute approximate surface area is 162 Å². The van der Waals surface area contributed by atoms with Gasteiger partial charge in [-0.2, -0.15) is 0 Å². The fourth-order valence-electron chi connectivity index (χ4n) is 3.44. The normalized spacial score (nSPS) is 22.0. The van der Waals surface area contributed by atoms with Crippen molar-refractivity contribution >= 4 is 19.0 Å². The zero-order valence-corrected chi connectivity index (χ0v) is 15.6. The summed E-state index contributed by atoms with van der Waals surface area (Å²) in [6.45, 7) is 3.25. The molecule has 0 aliphatic carbocycles. The van der Waals surface area contributed by atoms with Crippen molar-refractivity contribution in [3.8, 4) is 11.5 Å². The van der Waals surface area contributed by atoms with E-state index in [1.165, 1.54) is 12.1 Å². The summed E-state index contributed by atoms with van der Waals surface area (Å²) in [6.07, 6.45) is -0.0209. The van der Waals surface area contributed by atoms with E-state index in [9.17, 15) is 19.8 Å². The second-order valence-corrected chi connectivity index (χ2v) is 7.42. The van der Waals surface area contributed by atoms with Gasteiger partial charge in [-0.1, -0.05) is 13.0 Å². The van der Waals surface area contributed by atoms with E-state index in [0.717, 1.165) is 0 Å². The van der Waals surface area contributed by atoms with Crippen molar-refractivity contribution in [3.63, 3.8) is 0 Å². The van der Waals surface area contributed by atoms with Crippen LogP contribution in [0.3, 0.4) is 0 Å². The number of likely N-dealkylation sites (tertiary alicyclic amines) is 1. The molecular weight excluding hydrogens is 369 g/mol. The maximum absolute atomic E-state index is 12.3. The van der Waals surface area contributed by atoms with Gasteiger partial charge in [0, 0.05) is 0 Å². The number of aryl methyl sites for hydroxylation is 1. The third-order valence-corrected chi connectivity index (χ3v) is 5.04. The molecule has 4 N–H and O–H groups in total. The van der Waals surface area contributed by atoms with Crippen LogP contribution in [0.2, 0.25) is 6.32 Å². The Morgan fingerprint density at radius 2 is 2.04 bits per heavy atom. The van der Waals surface area contributed by atoms with E-state index < -0.39 is 24.9 Å². The van der Waals surface area contributed by atoms with E-state index in [0.29, 0.717) is 32.0 Å². The number of nitrogens with zero attached hydrogens (tertiary/aromatic N) is 1. The predicted octanol–water partition coefficient (Wildman–Crippen LogP) is 0.120. The van der Waals surface area contributed by atoms with Crippen LogP contribution in [-0.2, 0) is 16.0 Å². The smallest absolute Gasteiger partial charge is 0.451 e. The summed E-state index contributed by atoms with van der Waals surface area (Å²) < 4.78 is 11.2. The van der Waals surface area contributed by atoms with E-state index >= 15 is 0 Å². The van der Waals surface area contributed by atoms with E-state index in [2.05, 4.69) is 0 Å². The minimum Gasteiger partial charge on any atom is -0.507 e. The van der Waals surface area contributed by atoms with Crippen LogP contribution in [0.5, 0.6) is 11.5 Å². The van der Waals surface area contributed by atoms with Crippen molar-refractivity contribution in [2.24, 2.45) is 5.92 Å². The second kappa shape index (κ2) is 8.38. The number of benzene rings is 1. The van der Waals surface area contributed by atoms with Crippen LogP contribution in [0.4, 0.5) is 0 Å². The second-order valence-electron chi connectivity index (χ2n) is 7.42. The molecule has 9 nitrogen and oxygen atoms in total. The lowest BCUT2D eigenvalue weighted by Gasteiger charge is -2.40. The fraction of sp³-hybridized carbons (Fsp3) is 0.556. The Bertz CT molecular complexity index is 749. The Hall–Kier alpha value is -2.30. The highest BCUT2D eigenvalue weighted by molar-refractivity contribution is 6.41. The van der Waals surface area contributed by atoms with Crippen molar-refractivity contribution < 1.29 is 39.3 Å². The molecule has 2 aliphatic rings. The number of hydrogen-bond acceptors (Lipinski definition) is 7. The van der Waals surface area contributed by atoms with Crippen molar-refractivity contribution in [2.45, 2.75) is 38.3 Å². The summed E-state index contributed by atoms with van der Waals surface area (Å²) in [5, 5.41) is 37.6. The van der Waals surface area contributed by atoms with E-state index in [4.69, 9.17) is 19.5 Å². The first kappa shape index (κ1) is 20.4. The minimum atomic E-state index is -1.55. The highest BCUT2D eigenvalue weighted by Crippen LogP contribution is 2.34. The van der Waals surface area contributed by atoms with Gasteiger partial charge in [0.05, 0.1) is 19.7 Å². The summed E-state index contributed by atoms with van der Waals surface area (Å²) in [7, 11) is -1.55. The van der Waals surface area contributed by atoms with Gasteiger partial charge in [-0.25, -0.2) is 4.79 Å². The third kappa shape index (κ3) is 4.40. The average molecular weight is 393 g/mol. The lowest BCUT2D eigenvalue weighted by atomic mass is 9.82. The van der Waals surface area contributed by atoms with Crippen molar-refractivity contribution in [3.05, 3.63) is 23.3 Å². The molecule has 0 spiro atoms. The number of ether oxygens (including phenoxy) is 2. The fourth-order valence-corrected chi connectivity index (χ4v) is 3.44. The Balaban J connectivity index is 1.62. The lowest BCUT2D eigenvalue weighted by molar-refractivity contribution is -0.149. The molecule has 0 saturated carbocycles. The van der Waals surface area contributed by atoms with Gasteiger partial charge in [0.2, 0.25) is 0 Å². The van der Waals surface area contributed by atoms with Gasteiger partial charge < -0.3 is 34.6 Å². The van der Waals surface area contributed by atoms with Crippen LogP contribution in [0.1, 0.15) is 29.3 Å². The summed E-state index contributed by atoms with van der Waals surface area (Å²) in [6, 6.07) is 2.93. The van der Waals surface area contributed by atoms with Crippen molar-refractivity contribution in [2.75, 3.05) is 19.7 Å². The van der Waals surface area contributed by atoms with Crippen LogP contribution in [-0.4, -0.2) is 76.1 Å². The van der Waals surface area contributed by atoms with E-state index in [1.807, 2.05) is 6.92 Å². The molecule has 28 heavy (non-hydrogen) atoms. The molecule has 1 amide bonds. The van der Waals surface area contributed by atoms with Gasteiger partial charge in [-0.3, -0.25) is 4.79 Å². The van der Waals surface area contributed by atoms with E-state index in [-0.39, 0.29) is 41.6 Å². The molecular formula is C18H24BNO8. The van der Waals surface area contributed by atoms with Crippen LogP contribution in [0.25, 0.3) is 0 Å². The molecule has 0 bridgehead atoms. The topological polar surface area (TPSA) is 137 Å². The van der Waals surface area contributed by atoms with Gasteiger partial charge in [-0.05, 0) is 36.7 Å². The number of carboxylic acid groups (broad SMARTS) is 1. The maximum atomic E-state index is 12.3. The number of aromatic carboxylic acids is 1. The quantitative estimate of drug-likeness (QED) is 0.480. The molecule has 1 unspecified atom stereocenters. The Kier molecular flexibility index (Phi) is 6.12. The van der Waals surface area contributed by atoms with Crippen LogP contribution >= 0.6 is 0 Å². The van der Waals surface area contributed by atoms with Crippen molar-refractivity contribution in [1.82, 2.24) is 4.90 Å². The number of amides is 1. The standard InChI is InChI=1S/C18H24BNO8/c1-10-6-14(27-9-10)17(22)20-7-12(8-20)28-13-3-2-11(4-5-19(25)26)16(21)15(13)18(23)24/h2-3,10,12,14,21,25-26H,4-9H2,1H3,(H,23,24)/t10?,14-/m0/s1. The van der Waals surface area contributed by atoms with Crippen LogP contribution in [0.15, 0.2) is 12.1 Å². The van der Waals surface area contributed by atoms with Gasteiger partial charge in [-0.15, -0.1) is 0 Å². The SMILES string of the molecule is CC1CO[C@H](C(=O)N2CC(Oc3ccc(CCB(O)O)c(O)c3C(=O)O)C2)C1. The number of carbonyl (C=O) groups excluding carboxylic acids is 1. The van der Waals surface area contributed by atoms with Gasteiger partial charge in [0.1, 0.15) is 29.3 Å². The molecule has 0 radical (unpaired) electrons. The molecule has 1 aromatic rings. The molecule has 2 atom stereocenters. The van der Waals surface area contributed by atoms with Crippen LogP contribution in [0, 0.1) is 5.92 Å². The number of carbonyl (C=O) groups is 2. The van der Waals surface area contributed by atoms with Crippen molar-refractivity contribution in [1.29, 1.82) is 0 Å². The largest absolute Gasteiger partial charge is 0.507 e. The molecule has 152 valence electrons. The summed E-state index contributed by atoms with van der Waals surface area (Å²) in [5.41, 5.74) is -0.0848. The molecule has 3 rings (SSSR count). The molecule has 2 saturated heterocycles. The number of rotatable bonds is 7. The monoisotopic (exact) mass is 393 g/mol. The molecule has 10 heteroatoms. The number of carboxylic acids is 1. The summed E-state index contributed by atoms with van der Waals surface area (Å²) in [5.74, 6) is -1.51. The lowest BCUT2D eigenvalue weighted by Crippen LogP contribution is -2.58. The van der Waals surface area contributed by atoms with Gasteiger partial charge in [0.25, 0.3) is 5.91 Å². The van der Waals surface area contributed by atoms with Gasteiger partial charge in [0.15, 0.2) is 0 Å². The molecule has 0 aromatic heterocycles. The first-order valence-corrected chi connectivity index (χ1v) is 9.27. The Morgan fingerprint density at radius 1 is 1.32 bits per heavy atom. The highest BCUT2D eigenvalue weighted by atomic mass is 16.5. The number of phenols is 1. The minimum absolute atomic E-state index is 0.0149. The summed E-state index contributed by atoms with van der Waals surface area (Å²) >= 11 is 0. The first-order chi connectivity index (χ1) is 13.3. The predicted molar refractivity (Wildman–Crippen MR) is 98.3 cm³/mol. The van der Waals surface area contributed by atoms with E-state index in [1.54, 1.807) is 4.90 Å². The average Bonchev–Trinajstić information content (AvgIpc) is 3.02. The zero-order chi connectivity index (χ0) is 20.4. The number of hydrogen-bond donors (Lipinski definition) is 4. The molecule has 1 aromatic carbocycles. The molecule has 2 aliphatic heterocycles. The highest BCUT2D eigenvalue weighted by Gasteiger charge is 2.39. The molecule has 2 heterocycles. The van der Waals surface area contributed by atoms with Gasteiger partial charge >= 0.3 is 13.1 Å². The summed E-state index contributed by atoms with van der Waals surface area (Å²) in [4.78, 5) is 25.5.